The number of ketones is 1. The molecule has 0 aliphatic heterocycles. The van der Waals surface area contributed by atoms with E-state index in [1.807, 2.05) is 18.3 Å². The topological polar surface area (TPSA) is 111 Å². The Morgan fingerprint density at radius 2 is 1.52 bits per heavy atom. The van der Waals surface area contributed by atoms with E-state index in [-0.39, 0.29) is 5.78 Å². The van der Waals surface area contributed by atoms with Crippen molar-refractivity contribution in [1.29, 1.82) is 0 Å². The van der Waals surface area contributed by atoms with Gasteiger partial charge in [0.2, 0.25) is 0 Å². The summed E-state index contributed by atoms with van der Waals surface area (Å²) < 4.78 is 10.0. The summed E-state index contributed by atoms with van der Waals surface area (Å²) in [6.07, 6.45) is 0.731. The minimum atomic E-state index is -0.765. The van der Waals surface area contributed by atoms with Crippen LogP contribution in [-0.4, -0.2) is 43.4 Å². The third kappa shape index (κ3) is 7.45. The van der Waals surface area contributed by atoms with Crippen LogP contribution in [0, 0.1) is 0 Å². The summed E-state index contributed by atoms with van der Waals surface area (Å²) in [6, 6.07) is 14.5. The highest BCUT2D eigenvalue weighted by Crippen LogP contribution is 2.15. The second-order valence-electron chi connectivity index (χ2n) is 5.97. The van der Waals surface area contributed by atoms with Crippen LogP contribution in [0.4, 0.5) is 4.79 Å². The van der Waals surface area contributed by atoms with Crippen molar-refractivity contribution < 1.29 is 28.7 Å². The van der Waals surface area contributed by atoms with Crippen LogP contribution in [0.2, 0.25) is 0 Å². The first-order valence-corrected chi connectivity index (χ1v) is 9.05. The zero-order chi connectivity index (χ0) is 21.1. The first kappa shape index (κ1) is 21.6. The number of amides is 3. The van der Waals surface area contributed by atoms with E-state index < -0.39 is 31.1 Å². The van der Waals surface area contributed by atoms with Gasteiger partial charge in [-0.05, 0) is 30.7 Å². The van der Waals surface area contributed by atoms with Crippen molar-refractivity contribution in [2.75, 3.05) is 19.8 Å². The lowest BCUT2D eigenvalue weighted by Crippen LogP contribution is -2.41. The van der Waals surface area contributed by atoms with Crippen molar-refractivity contribution in [2.24, 2.45) is 0 Å². The smallest absolute Gasteiger partial charge is 0.344 e. The second kappa shape index (κ2) is 11.2. The Hall–Kier alpha value is -3.68. The molecule has 29 heavy (non-hydrogen) atoms. The van der Waals surface area contributed by atoms with Gasteiger partial charge in [0.25, 0.3) is 5.91 Å². The minimum Gasteiger partial charge on any atom is -0.482 e. The first-order chi connectivity index (χ1) is 14.0. The van der Waals surface area contributed by atoms with Crippen molar-refractivity contribution in [3.8, 4) is 5.75 Å². The van der Waals surface area contributed by atoms with Crippen LogP contribution in [0.1, 0.15) is 29.3 Å². The molecule has 0 bridgehead atoms. The molecule has 152 valence electrons. The van der Waals surface area contributed by atoms with Gasteiger partial charge in [0, 0.05) is 17.7 Å². The maximum absolute atomic E-state index is 12.3. The average Bonchev–Trinajstić information content (AvgIpc) is 2.75. The van der Waals surface area contributed by atoms with E-state index in [1.54, 1.807) is 48.5 Å². The van der Waals surface area contributed by atoms with E-state index in [9.17, 15) is 19.2 Å². The van der Waals surface area contributed by atoms with Gasteiger partial charge >= 0.3 is 12.0 Å². The molecule has 0 saturated carbocycles. The fourth-order valence-corrected chi connectivity index (χ4v) is 2.23. The molecule has 2 N–H and O–H groups in total. The molecule has 2 aromatic rings. The van der Waals surface area contributed by atoms with Gasteiger partial charge in [0.15, 0.2) is 19.0 Å². The highest BCUT2D eigenvalue weighted by molar-refractivity contribution is 6.09. The molecule has 0 unspecified atom stereocenters. The van der Waals surface area contributed by atoms with E-state index >= 15 is 0 Å². The van der Waals surface area contributed by atoms with Crippen LogP contribution in [-0.2, 0) is 14.3 Å². The molecule has 0 saturated heterocycles. The van der Waals surface area contributed by atoms with Crippen molar-refractivity contribution >= 4 is 23.7 Å². The summed E-state index contributed by atoms with van der Waals surface area (Å²) in [5, 5.41) is 4.50. The number of urea groups is 1. The fraction of sp³-hybridized carbons (Fsp3) is 0.238. The maximum Gasteiger partial charge on any atom is 0.344 e. The highest BCUT2D eigenvalue weighted by Gasteiger charge is 2.12. The molecule has 2 rings (SSSR count). The first-order valence-electron chi connectivity index (χ1n) is 9.05. The van der Waals surface area contributed by atoms with Gasteiger partial charge < -0.3 is 14.8 Å². The average molecular weight is 398 g/mol. The Kier molecular flexibility index (Phi) is 8.37. The lowest BCUT2D eigenvalue weighted by Gasteiger charge is -2.08. The summed E-state index contributed by atoms with van der Waals surface area (Å²) in [5.74, 6) is -1.25. The lowest BCUT2D eigenvalue weighted by molar-refractivity contribution is -0.150. The molecule has 0 atom stereocenters. The predicted octanol–water partition coefficient (Wildman–Crippen LogP) is 2.08. The molecule has 3 amide bonds. The third-order valence-corrected chi connectivity index (χ3v) is 3.66. The van der Waals surface area contributed by atoms with E-state index in [4.69, 9.17) is 9.47 Å². The van der Waals surface area contributed by atoms with E-state index in [2.05, 4.69) is 5.32 Å². The van der Waals surface area contributed by atoms with Crippen LogP contribution in [0.15, 0.2) is 54.6 Å². The van der Waals surface area contributed by atoms with E-state index in [0.29, 0.717) is 23.4 Å². The number of hydrogen-bond donors (Lipinski definition) is 2. The minimum absolute atomic E-state index is 0.120. The number of rotatable bonds is 9. The number of nitrogens with one attached hydrogen (secondary N) is 2. The lowest BCUT2D eigenvalue weighted by atomic mass is 10.0. The van der Waals surface area contributed by atoms with Crippen LogP contribution in [0.25, 0.3) is 0 Å². The molecule has 0 aliphatic rings. The molecule has 0 fully saturated rings. The van der Waals surface area contributed by atoms with Crippen molar-refractivity contribution in [1.82, 2.24) is 10.6 Å². The molecule has 0 heterocycles. The number of benzene rings is 2. The number of esters is 1. The number of carbonyl (C=O) groups is 4. The van der Waals surface area contributed by atoms with Crippen LogP contribution in [0.5, 0.6) is 5.75 Å². The standard InChI is InChI=1S/C21H22N2O6/c1-2-12-22-21(27)23-18(24)13-29-19(25)14-28-17-10-8-16(9-11-17)20(26)15-6-4-3-5-7-15/h3-11H,2,12-14H2,1H3,(H2,22,23,24,27). The largest absolute Gasteiger partial charge is 0.482 e. The van der Waals surface area contributed by atoms with Gasteiger partial charge in [0.1, 0.15) is 5.75 Å². The monoisotopic (exact) mass is 398 g/mol. The Labute approximate surface area is 168 Å². The summed E-state index contributed by atoms with van der Waals surface area (Å²) in [7, 11) is 0. The van der Waals surface area contributed by atoms with Crippen LogP contribution < -0.4 is 15.4 Å². The van der Waals surface area contributed by atoms with Crippen molar-refractivity contribution in [3.05, 3.63) is 65.7 Å². The van der Waals surface area contributed by atoms with Gasteiger partial charge in [-0.1, -0.05) is 37.3 Å². The van der Waals surface area contributed by atoms with E-state index in [1.165, 1.54) is 0 Å². The number of hydrogen-bond acceptors (Lipinski definition) is 6. The Morgan fingerprint density at radius 1 is 0.862 bits per heavy atom. The summed E-state index contributed by atoms with van der Waals surface area (Å²) in [6.45, 7) is 1.30. The van der Waals surface area contributed by atoms with Crippen LogP contribution >= 0.6 is 0 Å². The van der Waals surface area contributed by atoms with Gasteiger partial charge in [0.05, 0.1) is 0 Å². The molecule has 2 aromatic carbocycles. The Morgan fingerprint density at radius 3 is 2.17 bits per heavy atom. The van der Waals surface area contributed by atoms with Crippen LogP contribution in [0.3, 0.4) is 0 Å². The molecular formula is C21H22N2O6. The third-order valence-electron chi connectivity index (χ3n) is 3.66. The van der Waals surface area contributed by atoms with Gasteiger partial charge in [-0.2, -0.15) is 0 Å². The van der Waals surface area contributed by atoms with Gasteiger partial charge in [-0.15, -0.1) is 0 Å². The Balaban J connectivity index is 1.74. The van der Waals surface area contributed by atoms with Crippen molar-refractivity contribution in [3.63, 3.8) is 0 Å². The molecule has 8 heteroatoms. The molecule has 0 radical (unpaired) electrons. The quantitative estimate of drug-likeness (QED) is 0.494. The zero-order valence-corrected chi connectivity index (χ0v) is 16.0. The fourth-order valence-electron chi connectivity index (χ4n) is 2.23. The normalized spacial score (nSPS) is 9.97. The summed E-state index contributed by atoms with van der Waals surface area (Å²) in [4.78, 5) is 46.8. The summed E-state index contributed by atoms with van der Waals surface area (Å²) >= 11 is 0. The number of carbonyl (C=O) groups excluding carboxylic acids is 4. The summed E-state index contributed by atoms with van der Waals surface area (Å²) in [5.41, 5.74) is 1.07. The molecule has 0 spiro atoms. The molecular weight excluding hydrogens is 376 g/mol. The van der Waals surface area contributed by atoms with Gasteiger partial charge in [-0.25, -0.2) is 9.59 Å². The number of imide groups is 1. The molecule has 8 nitrogen and oxygen atoms in total. The maximum atomic E-state index is 12.3. The number of ether oxygens (including phenoxy) is 2. The predicted molar refractivity (Wildman–Crippen MR) is 105 cm³/mol. The van der Waals surface area contributed by atoms with E-state index in [0.717, 1.165) is 6.42 Å². The SMILES string of the molecule is CCCNC(=O)NC(=O)COC(=O)COc1ccc(C(=O)c2ccccc2)cc1. The molecule has 0 aliphatic carbocycles. The molecule has 0 aromatic heterocycles. The Bertz CT molecular complexity index is 849. The van der Waals surface area contributed by atoms with Gasteiger partial charge in [-0.3, -0.25) is 14.9 Å². The zero-order valence-electron chi connectivity index (χ0n) is 16.0. The second-order valence-corrected chi connectivity index (χ2v) is 5.97. The van der Waals surface area contributed by atoms with Crippen molar-refractivity contribution in [2.45, 2.75) is 13.3 Å². The highest BCUT2D eigenvalue weighted by atomic mass is 16.6.